The number of aromatic nitrogens is 1. The fourth-order valence-corrected chi connectivity index (χ4v) is 2.77. The molecule has 0 aliphatic rings. The highest BCUT2D eigenvalue weighted by molar-refractivity contribution is 7.89. The highest BCUT2D eigenvalue weighted by atomic mass is 32.2. The van der Waals surface area contributed by atoms with Gasteiger partial charge in [-0.15, -0.1) is 0 Å². The van der Waals surface area contributed by atoms with E-state index in [1.165, 1.54) is 16.8 Å². The molecule has 0 aromatic carbocycles. The van der Waals surface area contributed by atoms with Crippen molar-refractivity contribution in [1.82, 2.24) is 9.29 Å². The molecule has 0 amide bonds. The van der Waals surface area contributed by atoms with Crippen LogP contribution in [0.25, 0.3) is 0 Å². The van der Waals surface area contributed by atoms with Crippen molar-refractivity contribution in [3.63, 3.8) is 0 Å². The van der Waals surface area contributed by atoms with Crippen LogP contribution in [0.4, 0.5) is 0 Å². The first-order valence-corrected chi connectivity index (χ1v) is 6.29. The summed E-state index contributed by atoms with van der Waals surface area (Å²) in [7, 11) is -1.93. The van der Waals surface area contributed by atoms with Crippen molar-refractivity contribution in [2.24, 2.45) is 7.05 Å². The van der Waals surface area contributed by atoms with Gasteiger partial charge in [-0.2, -0.15) is 0 Å². The summed E-state index contributed by atoms with van der Waals surface area (Å²) in [6.45, 7) is 5.27. The number of sulfonamides is 1. The molecule has 1 aromatic heterocycles. The Hall–Kier alpha value is -1.14. The van der Waals surface area contributed by atoms with Crippen LogP contribution in [0.3, 0.4) is 0 Å². The zero-order chi connectivity index (χ0) is 12.6. The molecule has 90 valence electrons. The van der Waals surface area contributed by atoms with Crippen LogP contribution in [-0.4, -0.2) is 24.8 Å². The van der Waals surface area contributed by atoms with Crippen LogP contribution < -0.4 is 4.72 Å². The highest BCUT2D eigenvalue weighted by Crippen LogP contribution is 2.14. The van der Waals surface area contributed by atoms with Crippen LogP contribution in [0.1, 0.15) is 31.3 Å². The maximum Gasteiger partial charge on any atom is 0.242 e. The summed E-state index contributed by atoms with van der Waals surface area (Å²) in [6.07, 6.45) is 2.04. The SMILES string of the molecule is Cn1cc(S(=O)(=O)NC(C)(C)C)cc1C=O. The molecule has 0 atom stereocenters. The molecule has 0 spiro atoms. The number of hydrogen-bond donors (Lipinski definition) is 1. The Labute approximate surface area is 95.5 Å². The molecule has 1 aromatic rings. The van der Waals surface area contributed by atoms with E-state index in [1.54, 1.807) is 27.8 Å². The van der Waals surface area contributed by atoms with Gasteiger partial charge in [0.1, 0.15) is 4.90 Å². The van der Waals surface area contributed by atoms with E-state index in [4.69, 9.17) is 0 Å². The minimum atomic E-state index is -3.56. The van der Waals surface area contributed by atoms with E-state index >= 15 is 0 Å². The van der Waals surface area contributed by atoms with Crippen LogP contribution in [0.2, 0.25) is 0 Å². The molecule has 0 saturated heterocycles. The topological polar surface area (TPSA) is 68.2 Å². The van der Waals surface area contributed by atoms with Crippen molar-refractivity contribution in [2.45, 2.75) is 31.2 Å². The number of carbonyl (C=O) groups is 1. The van der Waals surface area contributed by atoms with Gasteiger partial charge in [0, 0.05) is 18.8 Å². The first-order chi connectivity index (χ1) is 7.15. The number of aldehydes is 1. The van der Waals surface area contributed by atoms with E-state index < -0.39 is 15.6 Å². The third-order valence-corrected chi connectivity index (χ3v) is 3.61. The van der Waals surface area contributed by atoms with Gasteiger partial charge in [-0.1, -0.05) is 0 Å². The number of aryl methyl sites for hydroxylation is 1. The molecule has 0 unspecified atom stereocenters. The Balaban J connectivity index is 3.13. The van der Waals surface area contributed by atoms with Gasteiger partial charge in [-0.05, 0) is 26.8 Å². The van der Waals surface area contributed by atoms with Crippen LogP contribution in [0.15, 0.2) is 17.2 Å². The lowest BCUT2D eigenvalue weighted by Crippen LogP contribution is -2.40. The first-order valence-electron chi connectivity index (χ1n) is 4.81. The Morgan fingerprint density at radius 1 is 1.38 bits per heavy atom. The lowest BCUT2D eigenvalue weighted by molar-refractivity contribution is 0.111. The second kappa shape index (κ2) is 4.03. The van der Waals surface area contributed by atoms with Crippen molar-refractivity contribution in [3.8, 4) is 0 Å². The molecule has 1 N–H and O–H groups in total. The molecule has 5 nitrogen and oxygen atoms in total. The summed E-state index contributed by atoms with van der Waals surface area (Å²) in [4.78, 5) is 10.7. The molecule has 0 bridgehead atoms. The van der Waals surface area contributed by atoms with Gasteiger partial charge in [0.05, 0.1) is 5.69 Å². The van der Waals surface area contributed by atoms with E-state index in [0.717, 1.165) is 0 Å². The molecule has 0 aliphatic carbocycles. The second-order valence-electron chi connectivity index (χ2n) is 4.68. The van der Waals surface area contributed by atoms with Gasteiger partial charge < -0.3 is 4.57 Å². The Morgan fingerprint density at radius 2 is 1.94 bits per heavy atom. The minimum absolute atomic E-state index is 0.104. The first kappa shape index (κ1) is 12.9. The zero-order valence-electron chi connectivity index (χ0n) is 9.81. The third-order valence-electron chi connectivity index (χ3n) is 1.89. The number of rotatable bonds is 3. The Bertz CT molecular complexity index is 495. The largest absolute Gasteiger partial charge is 0.347 e. The molecule has 1 rings (SSSR count). The van der Waals surface area contributed by atoms with E-state index in [-0.39, 0.29) is 4.90 Å². The molecule has 0 fully saturated rings. The summed E-state index contributed by atoms with van der Waals surface area (Å²) in [5.41, 5.74) is -0.218. The van der Waals surface area contributed by atoms with Crippen molar-refractivity contribution >= 4 is 16.3 Å². The quantitative estimate of drug-likeness (QED) is 0.804. The van der Waals surface area contributed by atoms with E-state index in [0.29, 0.717) is 12.0 Å². The molecule has 6 heteroatoms. The summed E-state index contributed by atoms with van der Waals surface area (Å²) < 4.78 is 27.8. The molecule has 16 heavy (non-hydrogen) atoms. The van der Waals surface area contributed by atoms with Gasteiger partial charge in [0.2, 0.25) is 10.0 Å². The maximum atomic E-state index is 11.9. The van der Waals surface area contributed by atoms with Crippen molar-refractivity contribution in [3.05, 3.63) is 18.0 Å². The number of hydrogen-bond acceptors (Lipinski definition) is 3. The minimum Gasteiger partial charge on any atom is -0.347 e. The van der Waals surface area contributed by atoms with E-state index in [1.807, 2.05) is 0 Å². The van der Waals surface area contributed by atoms with Gasteiger partial charge in [-0.25, -0.2) is 13.1 Å². The van der Waals surface area contributed by atoms with E-state index in [9.17, 15) is 13.2 Å². The predicted octanol–water partition coefficient (Wildman–Crippen LogP) is 0.914. The molecule has 0 saturated carbocycles. The van der Waals surface area contributed by atoms with Crippen molar-refractivity contribution in [2.75, 3.05) is 0 Å². The summed E-state index contributed by atoms with van der Waals surface area (Å²) in [6, 6.07) is 1.35. The molecular formula is C10H16N2O3S. The van der Waals surface area contributed by atoms with Crippen LogP contribution in [0, 0.1) is 0 Å². The Morgan fingerprint density at radius 3 is 2.31 bits per heavy atom. The summed E-state index contributed by atoms with van der Waals surface area (Å²) >= 11 is 0. The van der Waals surface area contributed by atoms with Crippen molar-refractivity contribution in [1.29, 1.82) is 0 Å². The van der Waals surface area contributed by atoms with Crippen LogP contribution >= 0.6 is 0 Å². The number of carbonyl (C=O) groups excluding carboxylic acids is 1. The average Bonchev–Trinajstić information content (AvgIpc) is 2.43. The third kappa shape index (κ3) is 2.93. The smallest absolute Gasteiger partial charge is 0.242 e. The predicted molar refractivity (Wildman–Crippen MR) is 60.9 cm³/mol. The second-order valence-corrected chi connectivity index (χ2v) is 6.37. The van der Waals surface area contributed by atoms with Gasteiger partial charge in [0.25, 0.3) is 0 Å². The lowest BCUT2D eigenvalue weighted by Gasteiger charge is -2.19. The normalized spacial score (nSPS) is 12.8. The zero-order valence-corrected chi connectivity index (χ0v) is 10.6. The van der Waals surface area contributed by atoms with Crippen LogP contribution in [0.5, 0.6) is 0 Å². The fraction of sp³-hybridized carbons (Fsp3) is 0.500. The Kier molecular flexibility index (Phi) is 3.25. The summed E-state index contributed by atoms with van der Waals surface area (Å²) in [5.74, 6) is 0. The fourth-order valence-electron chi connectivity index (χ4n) is 1.28. The van der Waals surface area contributed by atoms with Gasteiger partial charge in [0.15, 0.2) is 6.29 Å². The monoisotopic (exact) mass is 244 g/mol. The lowest BCUT2D eigenvalue weighted by atomic mass is 10.1. The standard InChI is InChI=1S/C10H16N2O3S/c1-10(2,3)11-16(14,15)9-5-8(7-13)12(4)6-9/h5-7,11H,1-4H3. The van der Waals surface area contributed by atoms with Gasteiger partial charge >= 0.3 is 0 Å². The molecule has 0 radical (unpaired) electrons. The highest BCUT2D eigenvalue weighted by Gasteiger charge is 2.23. The van der Waals surface area contributed by atoms with E-state index in [2.05, 4.69) is 4.72 Å². The number of nitrogens with one attached hydrogen (secondary N) is 1. The van der Waals surface area contributed by atoms with Crippen molar-refractivity contribution < 1.29 is 13.2 Å². The molecular weight excluding hydrogens is 228 g/mol. The average molecular weight is 244 g/mol. The maximum absolute atomic E-state index is 11.9. The van der Waals surface area contributed by atoms with Gasteiger partial charge in [-0.3, -0.25) is 4.79 Å². The molecule has 0 aliphatic heterocycles. The molecule has 1 heterocycles. The van der Waals surface area contributed by atoms with Crippen LogP contribution in [-0.2, 0) is 17.1 Å². The number of nitrogens with zero attached hydrogens (tertiary/aromatic N) is 1. The summed E-state index contributed by atoms with van der Waals surface area (Å²) in [5, 5.41) is 0.